The minimum atomic E-state index is -3.47. The topological polar surface area (TPSA) is 46.2 Å². The van der Waals surface area contributed by atoms with E-state index in [1.807, 2.05) is 30.3 Å². The van der Waals surface area contributed by atoms with Crippen molar-refractivity contribution in [1.29, 1.82) is 0 Å². The fraction of sp³-hybridized carbons (Fsp3) is 0.375. The van der Waals surface area contributed by atoms with Crippen molar-refractivity contribution in [1.82, 2.24) is 4.72 Å². The molecule has 1 aliphatic rings. The number of hydrogen-bond acceptors (Lipinski definition) is 3. The van der Waals surface area contributed by atoms with Gasteiger partial charge in [0.2, 0.25) is 10.0 Å². The first kappa shape index (κ1) is 14.9. The second kappa shape index (κ2) is 5.63. The predicted molar refractivity (Wildman–Crippen MR) is 89.2 cm³/mol. The van der Waals surface area contributed by atoms with Crippen LogP contribution in [0.4, 0.5) is 0 Å². The third-order valence-corrected chi connectivity index (χ3v) is 7.20. The molecular formula is C16H19NO2S2. The van der Waals surface area contributed by atoms with Crippen LogP contribution < -0.4 is 4.72 Å². The number of nitrogens with one attached hydrogen (secondary N) is 1. The van der Waals surface area contributed by atoms with Crippen molar-refractivity contribution in [2.45, 2.75) is 28.9 Å². The van der Waals surface area contributed by atoms with Crippen molar-refractivity contribution >= 4 is 32.6 Å². The lowest BCUT2D eigenvalue weighted by atomic mass is 9.84. The molecular weight excluding hydrogens is 302 g/mol. The molecule has 1 saturated carbocycles. The summed E-state index contributed by atoms with van der Waals surface area (Å²) in [6, 6.07) is 13.0. The molecule has 0 aliphatic heterocycles. The van der Waals surface area contributed by atoms with E-state index in [-0.39, 0.29) is 4.75 Å². The van der Waals surface area contributed by atoms with Crippen molar-refractivity contribution < 1.29 is 8.42 Å². The Morgan fingerprint density at radius 1 is 1.14 bits per heavy atom. The summed E-state index contributed by atoms with van der Waals surface area (Å²) in [5.74, 6) is 0. The van der Waals surface area contributed by atoms with Crippen molar-refractivity contribution in [3.63, 3.8) is 0 Å². The van der Waals surface area contributed by atoms with E-state index < -0.39 is 10.0 Å². The van der Waals surface area contributed by atoms with Crippen LogP contribution >= 0.6 is 11.8 Å². The maximum Gasteiger partial charge on any atom is 0.241 e. The highest BCUT2D eigenvalue weighted by Gasteiger charge is 2.37. The fourth-order valence-corrected chi connectivity index (χ4v) is 5.12. The summed E-state index contributed by atoms with van der Waals surface area (Å²) in [4.78, 5) is 0.371. The Morgan fingerprint density at radius 3 is 2.52 bits per heavy atom. The molecule has 21 heavy (non-hydrogen) atoms. The molecule has 0 amide bonds. The van der Waals surface area contributed by atoms with Gasteiger partial charge in [0.1, 0.15) is 0 Å². The summed E-state index contributed by atoms with van der Waals surface area (Å²) in [5.41, 5.74) is 0. The summed E-state index contributed by atoms with van der Waals surface area (Å²) < 4.78 is 28.2. The van der Waals surface area contributed by atoms with Crippen LogP contribution in [0.25, 0.3) is 10.8 Å². The minimum absolute atomic E-state index is 0.0949. The summed E-state index contributed by atoms with van der Waals surface area (Å²) in [5, 5.41) is 1.72. The van der Waals surface area contributed by atoms with Crippen LogP contribution in [-0.2, 0) is 10.0 Å². The van der Waals surface area contributed by atoms with E-state index in [1.165, 1.54) is 6.42 Å². The predicted octanol–water partition coefficient (Wildman–Crippen LogP) is 3.40. The van der Waals surface area contributed by atoms with Crippen LogP contribution in [0.15, 0.2) is 47.4 Å². The molecule has 5 heteroatoms. The molecule has 0 unspecified atom stereocenters. The highest BCUT2D eigenvalue weighted by molar-refractivity contribution is 8.00. The fourth-order valence-electron chi connectivity index (χ4n) is 2.76. The van der Waals surface area contributed by atoms with Gasteiger partial charge in [0, 0.05) is 16.7 Å². The van der Waals surface area contributed by atoms with Crippen molar-refractivity contribution in [3.05, 3.63) is 42.5 Å². The molecule has 1 N–H and O–H groups in total. The molecule has 0 atom stereocenters. The van der Waals surface area contributed by atoms with Crippen LogP contribution in [0.2, 0.25) is 0 Å². The van der Waals surface area contributed by atoms with Crippen LogP contribution in [0.1, 0.15) is 19.3 Å². The standard InChI is InChI=1S/C16H19NO2S2/c1-20-16(10-5-11-16)12-17-21(18,19)15-9-4-7-13-6-2-3-8-14(13)15/h2-4,6-9,17H,5,10-12H2,1H3. The largest absolute Gasteiger partial charge is 0.241 e. The van der Waals surface area contributed by atoms with Gasteiger partial charge >= 0.3 is 0 Å². The maximum atomic E-state index is 12.6. The second-order valence-corrected chi connectivity index (χ2v) is 8.55. The lowest BCUT2D eigenvalue weighted by Gasteiger charge is -2.40. The number of hydrogen-bond donors (Lipinski definition) is 1. The monoisotopic (exact) mass is 321 g/mol. The number of rotatable bonds is 5. The average Bonchev–Trinajstić information content (AvgIpc) is 2.46. The Balaban J connectivity index is 1.90. The van der Waals surface area contributed by atoms with Gasteiger partial charge in [-0.3, -0.25) is 0 Å². The van der Waals surface area contributed by atoms with Gasteiger partial charge in [0.05, 0.1) is 4.90 Å². The van der Waals surface area contributed by atoms with Gasteiger partial charge in [0.25, 0.3) is 0 Å². The molecule has 1 fully saturated rings. The lowest BCUT2D eigenvalue weighted by Crippen LogP contribution is -2.45. The lowest BCUT2D eigenvalue weighted by molar-refractivity contribution is 0.362. The number of sulfonamides is 1. The van der Waals surface area contributed by atoms with E-state index >= 15 is 0 Å². The van der Waals surface area contributed by atoms with E-state index in [0.29, 0.717) is 11.4 Å². The number of thioether (sulfide) groups is 1. The van der Waals surface area contributed by atoms with Gasteiger partial charge in [0.15, 0.2) is 0 Å². The van der Waals surface area contributed by atoms with Crippen LogP contribution in [0, 0.1) is 0 Å². The quantitative estimate of drug-likeness (QED) is 0.918. The van der Waals surface area contributed by atoms with Crippen LogP contribution in [0.3, 0.4) is 0 Å². The zero-order valence-electron chi connectivity index (χ0n) is 12.0. The molecule has 0 radical (unpaired) electrons. The van der Waals surface area contributed by atoms with Gasteiger partial charge in [-0.1, -0.05) is 42.8 Å². The third-order valence-electron chi connectivity index (χ3n) is 4.32. The smallest absolute Gasteiger partial charge is 0.210 e. The summed E-state index contributed by atoms with van der Waals surface area (Å²) in [6.45, 7) is 0.514. The molecule has 0 heterocycles. The van der Waals surface area contributed by atoms with Gasteiger partial charge < -0.3 is 0 Å². The summed E-state index contributed by atoms with van der Waals surface area (Å²) >= 11 is 1.77. The minimum Gasteiger partial charge on any atom is -0.210 e. The van der Waals surface area contributed by atoms with Crippen LogP contribution in [-0.4, -0.2) is 26.0 Å². The Kier molecular flexibility index (Phi) is 3.99. The van der Waals surface area contributed by atoms with E-state index in [2.05, 4.69) is 11.0 Å². The van der Waals surface area contributed by atoms with Gasteiger partial charge in [-0.2, -0.15) is 11.8 Å². The summed E-state index contributed by atoms with van der Waals surface area (Å²) in [7, 11) is -3.47. The normalized spacial score (nSPS) is 17.6. The van der Waals surface area contributed by atoms with E-state index in [0.717, 1.165) is 23.6 Å². The second-order valence-electron chi connectivity index (χ2n) is 5.54. The number of benzene rings is 2. The Hall–Kier alpha value is -1.04. The number of fused-ring (bicyclic) bond motifs is 1. The first-order valence-corrected chi connectivity index (χ1v) is 9.80. The maximum absolute atomic E-state index is 12.6. The van der Waals surface area contributed by atoms with Crippen LogP contribution in [0.5, 0.6) is 0 Å². The molecule has 0 bridgehead atoms. The van der Waals surface area contributed by atoms with Gasteiger partial charge in [-0.15, -0.1) is 0 Å². The molecule has 0 aromatic heterocycles. The van der Waals surface area contributed by atoms with Crippen molar-refractivity contribution in [2.24, 2.45) is 0 Å². The van der Waals surface area contributed by atoms with E-state index in [9.17, 15) is 8.42 Å². The first-order valence-electron chi connectivity index (χ1n) is 7.09. The van der Waals surface area contributed by atoms with Gasteiger partial charge in [-0.05, 0) is 30.6 Å². The van der Waals surface area contributed by atoms with Crippen molar-refractivity contribution in [2.75, 3.05) is 12.8 Å². The molecule has 0 spiro atoms. The molecule has 112 valence electrons. The molecule has 3 rings (SSSR count). The third kappa shape index (κ3) is 2.82. The van der Waals surface area contributed by atoms with Gasteiger partial charge in [-0.25, -0.2) is 13.1 Å². The molecule has 0 saturated heterocycles. The molecule has 2 aromatic carbocycles. The first-order chi connectivity index (χ1) is 10.1. The average molecular weight is 321 g/mol. The molecule has 3 nitrogen and oxygen atoms in total. The highest BCUT2D eigenvalue weighted by atomic mass is 32.2. The molecule has 2 aromatic rings. The van der Waals surface area contributed by atoms with E-state index in [4.69, 9.17) is 0 Å². The highest BCUT2D eigenvalue weighted by Crippen LogP contribution is 2.42. The summed E-state index contributed by atoms with van der Waals surface area (Å²) in [6.07, 6.45) is 5.43. The Labute approximate surface area is 130 Å². The van der Waals surface area contributed by atoms with Crippen molar-refractivity contribution in [3.8, 4) is 0 Å². The SMILES string of the molecule is CSC1(CNS(=O)(=O)c2cccc3ccccc23)CCC1. The zero-order valence-corrected chi connectivity index (χ0v) is 13.6. The van der Waals surface area contributed by atoms with E-state index in [1.54, 1.807) is 23.9 Å². The zero-order chi connectivity index (χ0) is 14.9. The Bertz CT molecular complexity index is 741. The Morgan fingerprint density at radius 2 is 1.86 bits per heavy atom. The molecule has 1 aliphatic carbocycles.